The number of halogens is 2. The Morgan fingerprint density at radius 3 is 2.50 bits per heavy atom. The average molecular weight is 235 g/mol. The third-order valence-electron chi connectivity index (χ3n) is 2.61. The lowest BCUT2D eigenvalue weighted by Crippen LogP contribution is -1.90. The van der Waals surface area contributed by atoms with Gasteiger partial charge in [-0.1, -0.05) is 35.4 Å². The monoisotopic (exact) mass is 234 g/mol. The molecule has 0 radical (unpaired) electrons. The van der Waals surface area contributed by atoms with Crippen LogP contribution in [0.25, 0.3) is 11.1 Å². The molecule has 0 atom stereocenters. The summed E-state index contributed by atoms with van der Waals surface area (Å²) in [6.07, 6.45) is 0. The van der Waals surface area contributed by atoms with Gasteiger partial charge in [0.15, 0.2) is 0 Å². The molecule has 0 nitrogen and oxygen atoms in total. The fourth-order valence-electron chi connectivity index (χ4n) is 1.80. The van der Waals surface area contributed by atoms with Gasteiger partial charge >= 0.3 is 0 Å². The van der Waals surface area contributed by atoms with Crippen molar-refractivity contribution in [1.29, 1.82) is 0 Å². The van der Waals surface area contributed by atoms with Crippen molar-refractivity contribution in [2.75, 3.05) is 0 Å². The molecule has 0 spiro atoms. The second-order valence-corrected chi connectivity index (χ2v) is 4.32. The van der Waals surface area contributed by atoms with Gasteiger partial charge in [-0.3, -0.25) is 0 Å². The summed E-state index contributed by atoms with van der Waals surface area (Å²) in [6.45, 7) is 3.87. The van der Waals surface area contributed by atoms with Crippen LogP contribution in [0.15, 0.2) is 36.4 Å². The van der Waals surface area contributed by atoms with Gasteiger partial charge < -0.3 is 0 Å². The zero-order valence-corrected chi connectivity index (χ0v) is 9.98. The molecule has 2 aromatic carbocycles. The molecule has 0 fully saturated rings. The molecule has 0 heterocycles. The smallest absolute Gasteiger partial charge is 0.131 e. The van der Waals surface area contributed by atoms with E-state index in [1.165, 1.54) is 6.07 Å². The highest BCUT2D eigenvalue weighted by atomic mass is 35.5. The fraction of sp³-hybridized carbons (Fsp3) is 0.143. The lowest BCUT2D eigenvalue weighted by molar-refractivity contribution is 0.631. The number of benzene rings is 2. The van der Waals surface area contributed by atoms with E-state index in [-0.39, 0.29) is 5.82 Å². The molecular formula is C14H12ClF. The van der Waals surface area contributed by atoms with Gasteiger partial charge in [-0.05, 0) is 37.6 Å². The van der Waals surface area contributed by atoms with E-state index < -0.39 is 0 Å². The Hall–Kier alpha value is -1.34. The molecule has 2 aromatic rings. The predicted molar refractivity (Wildman–Crippen MR) is 66.3 cm³/mol. The number of hydrogen-bond acceptors (Lipinski definition) is 0. The molecule has 0 saturated carbocycles. The van der Waals surface area contributed by atoms with Crippen molar-refractivity contribution in [1.82, 2.24) is 0 Å². The van der Waals surface area contributed by atoms with Crippen LogP contribution in [0.3, 0.4) is 0 Å². The Balaban J connectivity index is 2.72. The Bertz CT molecular complexity index is 512. The van der Waals surface area contributed by atoms with E-state index in [1.807, 2.05) is 32.0 Å². The van der Waals surface area contributed by atoms with Gasteiger partial charge in [-0.15, -0.1) is 0 Å². The van der Waals surface area contributed by atoms with Crippen LogP contribution in [0.4, 0.5) is 4.39 Å². The molecule has 0 aliphatic carbocycles. The third-order valence-corrected chi connectivity index (χ3v) is 2.93. The standard InChI is InChI=1S/C14H12ClF/c1-9-6-7-13(16)11(8-9)14-10(2)4-3-5-12(14)15/h3-8H,1-2H3. The average Bonchev–Trinajstić information content (AvgIpc) is 2.23. The third kappa shape index (κ3) is 1.96. The Kier molecular flexibility index (Phi) is 2.97. The Morgan fingerprint density at radius 2 is 1.81 bits per heavy atom. The van der Waals surface area contributed by atoms with Crippen LogP contribution in [-0.2, 0) is 0 Å². The molecular weight excluding hydrogens is 223 g/mol. The van der Waals surface area contributed by atoms with Crippen LogP contribution >= 0.6 is 11.6 Å². The summed E-state index contributed by atoms with van der Waals surface area (Å²) in [5.41, 5.74) is 3.36. The first-order chi connectivity index (χ1) is 7.59. The maximum atomic E-state index is 13.8. The molecule has 0 aliphatic rings. The van der Waals surface area contributed by atoms with Crippen molar-refractivity contribution in [2.24, 2.45) is 0 Å². The molecule has 0 amide bonds. The summed E-state index contributed by atoms with van der Waals surface area (Å²) >= 11 is 6.12. The van der Waals surface area contributed by atoms with Crippen molar-refractivity contribution < 1.29 is 4.39 Å². The lowest BCUT2D eigenvalue weighted by atomic mass is 9.98. The summed E-state index contributed by atoms with van der Waals surface area (Å²) in [5, 5.41) is 0.588. The van der Waals surface area contributed by atoms with Gasteiger partial charge in [-0.25, -0.2) is 4.39 Å². The van der Waals surface area contributed by atoms with Crippen LogP contribution in [-0.4, -0.2) is 0 Å². The second kappa shape index (κ2) is 4.26. The van der Waals surface area contributed by atoms with E-state index in [1.54, 1.807) is 12.1 Å². The van der Waals surface area contributed by atoms with Gasteiger partial charge in [0.25, 0.3) is 0 Å². The van der Waals surface area contributed by atoms with Crippen LogP contribution in [0.1, 0.15) is 11.1 Å². The fourth-order valence-corrected chi connectivity index (χ4v) is 2.13. The summed E-state index contributed by atoms with van der Waals surface area (Å²) < 4.78 is 13.8. The van der Waals surface area contributed by atoms with Crippen molar-refractivity contribution in [3.8, 4) is 11.1 Å². The first kappa shape index (κ1) is 11.2. The van der Waals surface area contributed by atoms with E-state index in [0.717, 1.165) is 16.7 Å². The topological polar surface area (TPSA) is 0 Å². The maximum Gasteiger partial charge on any atom is 0.131 e. The van der Waals surface area contributed by atoms with Crippen molar-refractivity contribution in [3.63, 3.8) is 0 Å². The maximum absolute atomic E-state index is 13.8. The second-order valence-electron chi connectivity index (χ2n) is 3.92. The summed E-state index contributed by atoms with van der Waals surface area (Å²) in [4.78, 5) is 0. The zero-order chi connectivity index (χ0) is 11.7. The van der Waals surface area contributed by atoms with Crippen LogP contribution < -0.4 is 0 Å². The molecule has 0 N–H and O–H groups in total. The molecule has 0 bridgehead atoms. The molecule has 0 aliphatic heterocycles. The highest BCUT2D eigenvalue weighted by Crippen LogP contribution is 2.33. The minimum atomic E-state index is -0.234. The SMILES string of the molecule is Cc1ccc(F)c(-c2c(C)cccc2Cl)c1. The van der Waals surface area contributed by atoms with E-state index in [4.69, 9.17) is 11.6 Å². The van der Waals surface area contributed by atoms with Crippen LogP contribution in [0, 0.1) is 19.7 Å². The van der Waals surface area contributed by atoms with Gasteiger partial charge in [0.05, 0.1) is 0 Å². The van der Waals surface area contributed by atoms with Gasteiger partial charge in [0, 0.05) is 16.1 Å². The highest BCUT2D eigenvalue weighted by molar-refractivity contribution is 6.33. The van der Waals surface area contributed by atoms with Crippen molar-refractivity contribution >= 4 is 11.6 Å². The molecule has 0 saturated heterocycles. The van der Waals surface area contributed by atoms with Crippen LogP contribution in [0.5, 0.6) is 0 Å². The summed E-state index contributed by atoms with van der Waals surface area (Å²) in [7, 11) is 0. The Labute approximate surface area is 99.7 Å². The summed E-state index contributed by atoms with van der Waals surface area (Å²) in [5.74, 6) is -0.234. The number of rotatable bonds is 1. The summed E-state index contributed by atoms with van der Waals surface area (Å²) in [6, 6.07) is 10.6. The van der Waals surface area contributed by atoms with E-state index in [0.29, 0.717) is 10.6 Å². The minimum absolute atomic E-state index is 0.234. The predicted octanol–water partition coefficient (Wildman–Crippen LogP) is 4.76. The Morgan fingerprint density at radius 1 is 1.06 bits per heavy atom. The van der Waals surface area contributed by atoms with E-state index in [9.17, 15) is 4.39 Å². The van der Waals surface area contributed by atoms with Gasteiger partial charge in [0.1, 0.15) is 5.82 Å². The minimum Gasteiger partial charge on any atom is -0.206 e. The molecule has 0 unspecified atom stereocenters. The van der Waals surface area contributed by atoms with Crippen LogP contribution in [0.2, 0.25) is 5.02 Å². The molecule has 82 valence electrons. The van der Waals surface area contributed by atoms with E-state index in [2.05, 4.69) is 0 Å². The quantitative estimate of drug-likeness (QED) is 0.667. The van der Waals surface area contributed by atoms with E-state index >= 15 is 0 Å². The normalized spacial score (nSPS) is 10.5. The molecule has 2 rings (SSSR count). The number of hydrogen-bond donors (Lipinski definition) is 0. The first-order valence-electron chi connectivity index (χ1n) is 5.11. The van der Waals surface area contributed by atoms with Gasteiger partial charge in [0.2, 0.25) is 0 Å². The van der Waals surface area contributed by atoms with Crippen molar-refractivity contribution in [3.05, 3.63) is 58.4 Å². The number of aryl methyl sites for hydroxylation is 2. The van der Waals surface area contributed by atoms with Crippen molar-refractivity contribution in [2.45, 2.75) is 13.8 Å². The first-order valence-corrected chi connectivity index (χ1v) is 5.49. The highest BCUT2D eigenvalue weighted by Gasteiger charge is 2.11. The molecule has 2 heteroatoms. The zero-order valence-electron chi connectivity index (χ0n) is 9.22. The molecule has 0 aromatic heterocycles. The van der Waals surface area contributed by atoms with Gasteiger partial charge in [-0.2, -0.15) is 0 Å². The largest absolute Gasteiger partial charge is 0.206 e. The molecule has 16 heavy (non-hydrogen) atoms. The lowest BCUT2D eigenvalue weighted by Gasteiger charge is -2.10.